The van der Waals surface area contributed by atoms with E-state index in [2.05, 4.69) is 5.16 Å². The van der Waals surface area contributed by atoms with Gasteiger partial charge in [-0.3, -0.25) is 9.36 Å². The van der Waals surface area contributed by atoms with Crippen LogP contribution in [0.1, 0.15) is 36.6 Å². The fraction of sp³-hybridized carbons (Fsp3) is 0.286. The second kappa shape index (κ2) is 9.57. The zero-order valence-electron chi connectivity index (χ0n) is 21.5. The van der Waals surface area contributed by atoms with Gasteiger partial charge in [0.05, 0.1) is 37.0 Å². The Labute approximate surface area is 213 Å². The number of oxazole rings is 1. The molecule has 0 N–H and O–H groups in total. The number of hydrogen-bond donors (Lipinski definition) is 0. The van der Waals surface area contributed by atoms with Gasteiger partial charge in [0.15, 0.2) is 5.58 Å². The molecule has 0 fully saturated rings. The molecule has 37 heavy (non-hydrogen) atoms. The van der Waals surface area contributed by atoms with Crippen LogP contribution < -0.4 is 10.5 Å². The van der Waals surface area contributed by atoms with Crippen LogP contribution in [0.4, 0.5) is 0 Å². The summed E-state index contributed by atoms with van der Waals surface area (Å²) in [6, 6.07) is 13.5. The average molecular weight is 501 g/mol. The number of carbonyl (C=O) groups is 1. The molecule has 0 atom stereocenters. The highest BCUT2D eigenvalue weighted by Gasteiger charge is 2.24. The molecule has 0 saturated carbocycles. The van der Waals surface area contributed by atoms with Crippen molar-refractivity contribution in [3.8, 4) is 16.9 Å². The molecular weight excluding hydrogens is 472 g/mol. The molecule has 190 valence electrons. The van der Waals surface area contributed by atoms with Crippen LogP contribution in [0.25, 0.3) is 33.1 Å². The van der Waals surface area contributed by atoms with Gasteiger partial charge in [0, 0.05) is 24.4 Å². The number of fused-ring (bicyclic) bond motifs is 3. The summed E-state index contributed by atoms with van der Waals surface area (Å²) in [5.74, 6) is 0.676. The van der Waals surface area contributed by atoms with E-state index >= 15 is 0 Å². The van der Waals surface area contributed by atoms with Gasteiger partial charge in [-0.1, -0.05) is 35.5 Å². The van der Waals surface area contributed by atoms with E-state index < -0.39 is 5.76 Å². The minimum Gasteiger partial charge on any atom is -0.496 e. The summed E-state index contributed by atoms with van der Waals surface area (Å²) < 4.78 is 18.6. The number of ether oxygens (including phenoxy) is 1. The Kier molecular flexibility index (Phi) is 6.29. The molecule has 0 saturated heterocycles. The highest BCUT2D eigenvalue weighted by atomic mass is 16.5. The van der Waals surface area contributed by atoms with Crippen LogP contribution in [0.3, 0.4) is 0 Å². The first kappa shape index (κ1) is 24.3. The van der Waals surface area contributed by atoms with Crippen LogP contribution in [-0.4, -0.2) is 39.2 Å². The maximum atomic E-state index is 13.2. The third-order valence-corrected chi connectivity index (χ3v) is 6.64. The van der Waals surface area contributed by atoms with Crippen molar-refractivity contribution in [3.05, 3.63) is 75.7 Å². The van der Waals surface area contributed by atoms with E-state index in [1.807, 2.05) is 63.2 Å². The van der Waals surface area contributed by atoms with Gasteiger partial charge in [-0.05, 0) is 38.5 Å². The van der Waals surface area contributed by atoms with E-state index in [1.54, 1.807) is 16.6 Å². The molecule has 9 nitrogen and oxygen atoms in total. The lowest BCUT2D eigenvalue weighted by molar-refractivity contribution is -0.129. The first-order valence-corrected chi connectivity index (χ1v) is 12.1. The number of aromatic nitrogens is 3. The molecule has 1 amide bonds. The van der Waals surface area contributed by atoms with E-state index in [4.69, 9.17) is 18.7 Å². The Morgan fingerprint density at radius 3 is 2.54 bits per heavy atom. The minimum absolute atomic E-state index is 0.0882. The second-order valence-electron chi connectivity index (χ2n) is 8.98. The molecule has 2 aromatic carbocycles. The first-order valence-electron chi connectivity index (χ1n) is 12.1. The van der Waals surface area contributed by atoms with Gasteiger partial charge in [0.25, 0.3) is 0 Å². The number of methoxy groups -OCH3 is 1. The van der Waals surface area contributed by atoms with Crippen LogP contribution in [0, 0.1) is 13.8 Å². The maximum Gasteiger partial charge on any atom is 0.420 e. The summed E-state index contributed by atoms with van der Waals surface area (Å²) in [5, 5.41) is 4.80. The summed E-state index contributed by atoms with van der Waals surface area (Å²) in [6.07, 6.45) is 0. The predicted molar refractivity (Wildman–Crippen MR) is 140 cm³/mol. The van der Waals surface area contributed by atoms with E-state index in [-0.39, 0.29) is 12.5 Å². The van der Waals surface area contributed by atoms with Crippen LogP contribution >= 0.6 is 0 Å². The minimum atomic E-state index is -0.492. The Balaban J connectivity index is 1.84. The smallest absolute Gasteiger partial charge is 0.420 e. The van der Waals surface area contributed by atoms with Crippen molar-refractivity contribution in [1.82, 2.24) is 19.6 Å². The van der Waals surface area contributed by atoms with Crippen molar-refractivity contribution in [2.45, 2.75) is 40.8 Å². The number of benzene rings is 2. The fourth-order valence-corrected chi connectivity index (χ4v) is 4.79. The average Bonchev–Trinajstić information content (AvgIpc) is 3.40. The first-order chi connectivity index (χ1) is 17.8. The van der Waals surface area contributed by atoms with Crippen molar-refractivity contribution in [3.63, 3.8) is 0 Å². The molecule has 5 rings (SSSR count). The number of pyridine rings is 1. The summed E-state index contributed by atoms with van der Waals surface area (Å²) in [4.78, 5) is 31.9. The van der Waals surface area contributed by atoms with E-state index in [0.29, 0.717) is 52.3 Å². The Bertz CT molecular complexity index is 1660. The normalized spacial score (nSPS) is 11.4. The lowest BCUT2D eigenvalue weighted by Crippen LogP contribution is -2.28. The Hall–Kier alpha value is -4.40. The van der Waals surface area contributed by atoms with Gasteiger partial charge < -0.3 is 18.6 Å². The molecular formula is C28H28N4O5. The van der Waals surface area contributed by atoms with Gasteiger partial charge in [0.2, 0.25) is 5.91 Å². The topological polar surface area (TPSA) is 104 Å². The molecule has 0 aliphatic rings. The lowest BCUT2D eigenvalue weighted by Gasteiger charge is -2.19. The molecule has 3 aromatic heterocycles. The van der Waals surface area contributed by atoms with Gasteiger partial charge in [-0.25, -0.2) is 9.78 Å². The molecule has 0 spiro atoms. The molecule has 5 aromatic rings. The van der Waals surface area contributed by atoms with Crippen LogP contribution in [0.5, 0.6) is 5.75 Å². The Morgan fingerprint density at radius 1 is 1.16 bits per heavy atom. The number of hydrogen-bond acceptors (Lipinski definition) is 7. The second-order valence-corrected chi connectivity index (χ2v) is 8.98. The van der Waals surface area contributed by atoms with Crippen LogP contribution in [0.2, 0.25) is 0 Å². The van der Waals surface area contributed by atoms with E-state index in [1.165, 1.54) is 6.92 Å². The quantitative estimate of drug-likeness (QED) is 0.315. The predicted octanol–water partition coefficient (Wildman–Crippen LogP) is 4.84. The molecule has 0 unspecified atom stereocenters. The largest absolute Gasteiger partial charge is 0.496 e. The molecule has 0 radical (unpaired) electrons. The third kappa shape index (κ3) is 4.26. The van der Waals surface area contributed by atoms with E-state index in [0.717, 1.165) is 22.4 Å². The van der Waals surface area contributed by atoms with Gasteiger partial charge in [0.1, 0.15) is 22.7 Å². The molecule has 0 aliphatic carbocycles. The van der Waals surface area contributed by atoms with Gasteiger partial charge in [-0.2, -0.15) is 0 Å². The third-order valence-electron chi connectivity index (χ3n) is 6.64. The van der Waals surface area contributed by atoms with Crippen LogP contribution in [0.15, 0.2) is 56.2 Å². The monoisotopic (exact) mass is 500 g/mol. The van der Waals surface area contributed by atoms with Crippen molar-refractivity contribution in [2.24, 2.45) is 0 Å². The summed E-state index contributed by atoms with van der Waals surface area (Å²) in [6.45, 7) is 8.17. The molecule has 0 bridgehead atoms. The van der Waals surface area contributed by atoms with Gasteiger partial charge in [-0.15, -0.1) is 0 Å². The molecule has 0 aliphatic heterocycles. The van der Waals surface area contributed by atoms with Gasteiger partial charge >= 0.3 is 5.76 Å². The number of rotatable bonds is 7. The van der Waals surface area contributed by atoms with Crippen molar-refractivity contribution in [2.75, 3.05) is 13.7 Å². The highest BCUT2D eigenvalue weighted by Crippen LogP contribution is 2.39. The van der Waals surface area contributed by atoms with Crippen molar-refractivity contribution < 1.29 is 18.5 Å². The lowest BCUT2D eigenvalue weighted by atomic mass is 10.00. The number of carbonyl (C=O) groups excluding carboxylic acids is 1. The standard InChI is InChI=1S/C28H28N4O5/c1-6-31(18(4)33)15-23-27-26(32(28(34)36-27)14-19-10-8-7-9-11-19)20-13-24(35-5)21(12-22(20)29-23)25-16(2)30-37-17(25)3/h7-13H,6,14-15H2,1-5H3. The van der Waals surface area contributed by atoms with Crippen molar-refractivity contribution >= 4 is 27.9 Å². The van der Waals surface area contributed by atoms with E-state index in [9.17, 15) is 9.59 Å². The summed E-state index contributed by atoms with van der Waals surface area (Å²) >= 11 is 0. The summed E-state index contributed by atoms with van der Waals surface area (Å²) in [7, 11) is 1.60. The fourth-order valence-electron chi connectivity index (χ4n) is 4.79. The Morgan fingerprint density at radius 2 is 1.92 bits per heavy atom. The zero-order valence-corrected chi connectivity index (χ0v) is 21.5. The maximum absolute atomic E-state index is 13.2. The zero-order chi connectivity index (χ0) is 26.3. The molecule has 3 heterocycles. The highest BCUT2D eigenvalue weighted by molar-refractivity contribution is 6.05. The SMILES string of the molecule is CCN(Cc1nc2cc(-c3c(C)noc3C)c(OC)cc2c2c1oc(=O)n2Cc1ccccc1)C(C)=O. The number of aryl methyl sites for hydroxylation is 2. The van der Waals surface area contributed by atoms with Crippen LogP contribution in [-0.2, 0) is 17.9 Å². The number of nitrogens with zero attached hydrogens (tertiary/aromatic N) is 4. The summed E-state index contributed by atoms with van der Waals surface area (Å²) in [5.41, 5.74) is 5.42. The molecule has 9 heteroatoms. The number of amides is 1. The van der Waals surface area contributed by atoms with Crippen molar-refractivity contribution in [1.29, 1.82) is 0 Å².